The summed E-state index contributed by atoms with van der Waals surface area (Å²) in [5.74, 6) is 1.64. The van der Waals surface area contributed by atoms with E-state index >= 15 is 0 Å². The highest BCUT2D eigenvalue weighted by molar-refractivity contribution is 5.98. The van der Waals surface area contributed by atoms with E-state index in [0.717, 1.165) is 71.9 Å². The van der Waals surface area contributed by atoms with Gasteiger partial charge in [0, 0.05) is 48.0 Å². The van der Waals surface area contributed by atoms with E-state index in [2.05, 4.69) is 44.9 Å². The Morgan fingerprint density at radius 3 is 2.61 bits per heavy atom. The number of hydrogen-bond donors (Lipinski definition) is 3. The number of nitrogens with one attached hydrogen (secondary N) is 2. The molecule has 2 fully saturated rings. The zero-order valence-corrected chi connectivity index (χ0v) is 27.1. The number of fused-ring (bicyclic) bond motifs is 1. The Morgan fingerprint density at radius 1 is 0.935 bits per heavy atom. The molecule has 1 aliphatic heterocycles. The standard InChI is InChI=1S/C36H44N6O4/c1-23-16-17-25-26(11-7-14-28(25)40-30-13-5-6-15-31(30)43)32(23)45-33-27(12-8-19-37-33)29-18-20-38-34(41-29)39-24-10-9-21-42(22-24)35(44)46-36(2,3)4/h7-8,11-12,14,16-20,24,30-31,40,43H,5-6,9-10,13,15,21-22H2,1-4H3,(H,38,39,41)/t24?,30-,31-/m0/s1. The second kappa shape index (κ2) is 13.5. The van der Waals surface area contributed by atoms with Gasteiger partial charge >= 0.3 is 6.09 Å². The Balaban J connectivity index is 1.23. The van der Waals surface area contributed by atoms with E-state index < -0.39 is 5.60 Å². The lowest BCUT2D eigenvalue weighted by molar-refractivity contribution is 0.0206. The third kappa shape index (κ3) is 7.33. The normalized spacial score (nSPS) is 20.3. The summed E-state index contributed by atoms with van der Waals surface area (Å²) in [5.41, 5.74) is 2.83. The maximum Gasteiger partial charge on any atom is 0.410 e. The minimum Gasteiger partial charge on any atom is -0.444 e. The molecular formula is C36H44N6O4. The molecule has 0 radical (unpaired) electrons. The van der Waals surface area contributed by atoms with Crippen molar-refractivity contribution < 1.29 is 19.4 Å². The Morgan fingerprint density at radius 2 is 1.78 bits per heavy atom. The van der Waals surface area contributed by atoms with Gasteiger partial charge in [-0.1, -0.05) is 37.1 Å². The number of benzene rings is 2. The molecule has 4 aromatic rings. The van der Waals surface area contributed by atoms with Gasteiger partial charge in [0.05, 0.1) is 23.4 Å². The van der Waals surface area contributed by atoms with E-state index in [1.54, 1.807) is 17.3 Å². The summed E-state index contributed by atoms with van der Waals surface area (Å²) in [4.78, 5) is 28.3. The fourth-order valence-electron chi connectivity index (χ4n) is 6.29. The molecule has 2 aliphatic rings. The van der Waals surface area contributed by atoms with Crippen molar-refractivity contribution >= 4 is 28.5 Å². The van der Waals surface area contributed by atoms with Crippen molar-refractivity contribution in [3.8, 4) is 22.9 Å². The Hall–Kier alpha value is -4.44. The molecule has 1 saturated heterocycles. The molecule has 0 spiro atoms. The third-order valence-corrected chi connectivity index (χ3v) is 8.59. The van der Waals surface area contributed by atoms with Crippen LogP contribution in [0.5, 0.6) is 11.6 Å². The molecule has 3 heterocycles. The van der Waals surface area contributed by atoms with Gasteiger partial charge in [-0.3, -0.25) is 0 Å². The van der Waals surface area contributed by atoms with Gasteiger partial charge in [0.2, 0.25) is 11.8 Å². The molecule has 0 bridgehead atoms. The number of likely N-dealkylation sites (tertiary alicyclic amines) is 1. The number of anilines is 2. The highest BCUT2D eigenvalue weighted by Crippen LogP contribution is 2.39. The van der Waals surface area contributed by atoms with E-state index in [4.69, 9.17) is 14.5 Å². The summed E-state index contributed by atoms with van der Waals surface area (Å²) in [6, 6.07) is 16.0. The highest BCUT2D eigenvalue weighted by Gasteiger charge is 2.28. The predicted octanol–water partition coefficient (Wildman–Crippen LogP) is 7.32. The molecule has 1 unspecified atom stereocenters. The van der Waals surface area contributed by atoms with E-state index in [0.29, 0.717) is 30.6 Å². The minimum absolute atomic E-state index is 0.00278. The molecule has 3 atom stereocenters. The molecule has 6 rings (SSSR count). The Bertz CT molecular complexity index is 1690. The number of rotatable bonds is 7. The number of aryl methyl sites for hydroxylation is 1. The first-order chi connectivity index (χ1) is 22.1. The zero-order valence-electron chi connectivity index (χ0n) is 27.1. The lowest BCUT2D eigenvalue weighted by Crippen LogP contribution is -2.47. The fourth-order valence-corrected chi connectivity index (χ4v) is 6.29. The quantitative estimate of drug-likeness (QED) is 0.194. The second-order valence-corrected chi connectivity index (χ2v) is 13.3. The topological polar surface area (TPSA) is 122 Å². The van der Waals surface area contributed by atoms with Crippen LogP contribution < -0.4 is 15.4 Å². The maximum atomic E-state index is 12.7. The number of hydrogen-bond acceptors (Lipinski definition) is 9. The number of carbonyl (C=O) groups is 1. The van der Waals surface area contributed by atoms with Gasteiger partial charge < -0.3 is 30.1 Å². The van der Waals surface area contributed by atoms with Crippen LogP contribution in [-0.2, 0) is 4.74 Å². The summed E-state index contributed by atoms with van der Waals surface area (Å²) in [5, 5.41) is 19.6. The first-order valence-electron chi connectivity index (χ1n) is 16.3. The number of amides is 1. The lowest BCUT2D eigenvalue weighted by atomic mass is 9.92. The van der Waals surface area contributed by atoms with Crippen LogP contribution in [0.4, 0.5) is 16.4 Å². The van der Waals surface area contributed by atoms with Crippen LogP contribution in [0.3, 0.4) is 0 Å². The molecule has 1 amide bonds. The Labute approximate surface area is 270 Å². The summed E-state index contributed by atoms with van der Waals surface area (Å²) in [6.45, 7) is 8.83. The maximum absolute atomic E-state index is 12.7. The molecule has 10 heteroatoms. The number of aliphatic hydroxyl groups is 1. The molecule has 2 aromatic heterocycles. The summed E-state index contributed by atoms with van der Waals surface area (Å²) in [7, 11) is 0. The van der Waals surface area contributed by atoms with E-state index in [1.165, 1.54) is 0 Å². The van der Waals surface area contributed by atoms with Crippen molar-refractivity contribution in [1.82, 2.24) is 19.9 Å². The van der Waals surface area contributed by atoms with Gasteiger partial charge in [-0.05, 0) is 83.2 Å². The largest absolute Gasteiger partial charge is 0.444 e. The van der Waals surface area contributed by atoms with E-state index in [9.17, 15) is 9.90 Å². The van der Waals surface area contributed by atoms with E-state index in [-0.39, 0.29) is 24.3 Å². The molecule has 3 N–H and O–H groups in total. The lowest BCUT2D eigenvalue weighted by Gasteiger charge is -2.34. The van der Waals surface area contributed by atoms with Crippen molar-refractivity contribution in [2.24, 2.45) is 0 Å². The number of nitrogens with zero attached hydrogens (tertiary/aromatic N) is 4. The average molecular weight is 625 g/mol. The number of ether oxygens (including phenoxy) is 2. The predicted molar refractivity (Wildman–Crippen MR) is 180 cm³/mol. The molecule has 242 valence electrons. The number of pyridine rings is 1. The zero-order chi connectivity index (χ0) is 32.3. The van der Waals surface area contributed by atoms with Crippen molar-refractivity contribution in [3.05, 3.63) is 66.5 Å². The molecule has 46 heavy (non-hydrogen) atoms. The molecule has 2 aromatic carbocycles. The van der Waals surface area contributed by atoms with Gasteiger partial charge in [0.15, 0.2) is 0 Å². The monoisotopic (exact) mass is 624 g/mol. The van der Waals surface area contributed by atoms with Gasteiger partial charge in [0.25, 0.3) is 0 Å². The SMILES string of the molecule is Cc1ccc2c(N[C@H]3CCCC[C@@H]3O)cccc2c1Oc1ncccc1-c1ccnc(NC2CCCN(C(=O)OC(C)(C)C)C2)n1. The van der Waals surface area contributed by atoms with Crippen molar-refractivity contribution in [2.45, 2.75) is 90.0 Å². The molecular weight excluding hydrogens is 580 g/mol. The molecule has 1 aliphatic carbocycles. The average Bonchev–Trinajstić information content (AvgIpc) is 3.03. The minimum atomic E-state index is -0.541. The third-order valence-electron chi connectivity index (χ3n) is 8.59. The Kier molecular flexibility index (Phi) is 9.26. The van der Waals surface area contributed by atoms with Crippen molar-refractivity contribution in [1.29, 1.82) is 0 Å². The highest BCUT2D eigenvalue weighted by atomic mass is 16.6. The number of aliphatic hydroxyl groups excluding tert-OH is 1. The summed E-state index contributed by atoms with van der Waals surface area (Å²) in [6.07, 6.45) is 8.48. The first kappa shape index (κ1) is 31.5. The first-order valence-corrected chi connectivity index (χ1v) is 16.3. The van der Waals surface area contributed by atoms with Crippen LogP contribution in [0.25, 0.3) is 22.0 Å². The summed E-state index contributed by atoms with van der Waals surface area (Å²) >= 11 is 0. The summed E-state index contributed by atoms with van der Waals surface area (Å²) < 4.78 is 12.2. The van der Waals surface area contributed by atoms with Gasteiger partial charge in [0.1, 0.15) is 11.4 Å². The van der Waals surface area contributed by atoms with Crippen LogP contribution >= 0.6 is 0 Å². The van der Waals surface area contributed by atoms with Crippen LogP contribution in [-0.4, -0.2) is 67.9 Å². The number of aromatic nitrogens is 3. The molecule has 1 saturated carbocycles. The van der Waals surface area contributed by atoms with Crippen molar-refractivity contribution in [3.63, 3.8) is 0 Å². The van der Waals surface area contributed by atoms with Crippen LogP contribution in [0.2, 0.25) is 0 Å². The van der Waals surface area contributed by atoms with Crippen LogP contribution in [0.15, 0.2) is 60.9 Å². The van der Waals surface area contributed by atoms with Crippen LogP contribution in [0.1, 0.15) is 64.9 Å². The van der Waals surface area contributed by atoms with E-state index in [1.807, 2.05) is 52.0 Å². The van der Waals surface area contributed by atoms with Crippen molar-refractivity contribution in [2.75, 3.05) is 23.7 Å². The van der Waals surface area contributed by atoms with Crippen LogP contribution in [0, 0.1) is 6.92 Å². The van der Waals surface area contributed by atoms with Gasteiger partial charge in [-0.25, -0.2) is 19.7 Å². The number of piperidine rings is 1. The fraction of sp³-hybridized carbons (Fsp3) is 0.444. The van der Waals surface area contributed by atoms with Gasteiger partial charge in [-0.15, -0.1) is 0 Å². The molecule has 10 nitrogen and oxygen atoms in total. The number of carbonyl (C=O) groups excluding carboxylic acids is 1. The second-order valence-electron chi connectivity index (χ2n) is 13.3. The van der Waals surface area contributed by atoms with Gasteiger partial charge in [-0.2, -0.15) is 0 Å². The smallest absolute Gasteiger partial charge is 0.410 e.